The van der Waals surface area contributed by atoms with Gasteiger partial charge in [-0.3, -0.25) is 4.79 Å². The van der Waals surface area contributed by atoms with Gasteiger partial charge in [0, 0.05) is 10.2 Å². The van der Waals surface area contributed by atoms with Gasteiger partial charge in [-0.15, -0.1) is 0 Å². The Labute approximate surface area is 159 Å². The minimum absolute atomic E-state index is 0.203. The maximum atomic E-state index is 12.0. The molecule has 2 aromatic rings. The fraction of sp³-hybridized carbons (Fsp3) is 0.105. The number of benzene rings is 2. The van der Waals surface area contributed by atoms with Crippen LogP contribution in [0.5, 0.6) is 5.75 Å². The summed E-state index contributed by atoms with van der Waals surface area (Å²) in [5.74, 6) is -0.710. The average molecular weight is 415 g/mol. The molecule has 0 aromatic heterocycles. The van der Waals surface area contributed by atoms with Crippen LogP contribution >= 0.6 is 15.9 Å². The summed E-state index contributed by atoms with van der Waals surface area (Å²) in [6.07, 6.45) is 1.38. The van der Waals surface area contributed by atoms with E-state index in [2.05, 4.69) is 21.2 Å². The van der Waals surface area contributed by atoms with Crippen LogP contribution in [0.3, 0.4) is 0 Å². The lowest BCUT2D eigenvalue weighted by molar-refractivity contribution is -0.142. The Kier molecular flexibility index (Phi) is 6.94. The van der Waals surface area contributed by atoms with Gasteiger partial charge in [0.1, 0.15) is 17.4 Å². The normalized spacial score (nSPS) is 10.6. The first-order valence-electron chi connectivity index (χ1n) is 7.50. The van der Waals surface area contributed by atoms with Gasteiger partial charge in [-0.05, 0) is 42.0 Å². The van der Waals surface area contributed by atoms with Crippen molar-refractivity contribution in [3.05, 3.63) is 64.1 Å². The Morgan fingerprint density at radius 2 is 1.96 bits per heavy atom. The second-order valence-electron chi connectivity index (χ2n) is 5.08. The number of methoxy groups -OCH3 is 1. The summed E-state index contributed by atoms with van der Waals surface area (Å²) in [4.78, 5) is 23.8. The van der Waals surface area contributed by atoms with E-state index in [1.807, 2.05) is 6.07 Å². The van der Waals surface area contributed by atoms with Crippen LogP contribution in [0.25, 0.3) is 6.08 Å². The van der Waals surface area contributed by atoms with Crippen molar-refractivity contribution in [2.24, 2.45) is 0 Å². The first kappa shape index (κ1) is 19.2. The van der Waals surface area contributed by atoms with Crippen molar-refractivity contribution >= 4 is 39.6 Å². The van der Waals surface area contributed by atoms with Gasteiger partial charge in [-0.1, -0.05) is 34.1 Å². The molecular weight excluding hydrogens is 400 g/mol. The lowest BCUT2D eigenvalue weighted by Gasteiger charge is -2.06. The molecule has 132 valence electrons. The number of anilines is 1. The first-order chi connectivity index (χ1) is 12.5. The van der Waals surface area contributed by atoms with E-state index in [1.165, 1.54) is 6.08 Å². The number of carbonyl (C=O) groups excluding carboxylic acids is 2. The highest BCUT2D eigenvalue weighted by molar-refractivity contribution is 9.10. The maximum absolute atomic E-state index is 12.0. The SMILES string of the molecule is COc1ccc(/C=C(\C#N)C(=O)OCC(=O)Nc2cccc(Br)c2)cc1. The van der Waals surface area contributed by atoms with Crippen molar-refractivity contribution in [3.8, 4) is 11.8 Å². The van der Waals surface area contributed by atoms with Crippen LogP contribution in [0, 0.1) is 11.3 Å². The molecule has 2 aromatic carbocycles. The van der Waals surface area contributed by atoms with Crippen LogP contribution in [-0.2, 0) is 14.3 Å². The molecule has 26 heavy (non-hydrogen) atoms. The van der Waals surface area contributed by atoms with Crippen LogP contribution in [-0.4, -0.2) is 25.6 Å². The predicted octanol–water partition coefficient (Wildman–Crippen LogP) is 3.55. The predicted molar refractivity (Wildman–Crippen MR) is 100 cm³/mol. The zero-order chi connectivity index (χ0) is 18.9. The highest BCUT2D eigenvalue weighted by Gasteiger charge is 2.13. The van der Waals surface area contributed by atoms with Crippen LogP contribution in [0.15, 0.2) is 58.6 Å². The molecule has 1 N–H and O–H groups in total. The van der Waals surface area contributed by atoms with Gasteiger partial charge in [-0.2, -0.15) is 5.26 Å². The number of nitrogens with zero attached hydrogens (tertiary/aromatic N) is 1. The molecule has 0 radical (unpaired) electrons. The smallest absolute Gasteiger partial charge is 0.349 e. The van der Waals surface area contributed by atoms with Crippen LogP contribution < -0.4 is 10.1 Å². The largest absolute Gasteiger partial charge is 0.497 e. The van der Waals surface area contributed by atoms with Crippen molar-refractivity contribution in [3.63, 3.8) is 0 Å². The van der Waals surface area contributed by atoms with E-state index in [0.717, 1.165) is 4.47 Å². The fourth-order valence-electron chi connectivity index (χ4n) is 1.98. The van der Waals surface area contributed by atoms with Crippen molar-refractivity contribution in [1.29, 1.82) is 5.26 Å². The van der Waals surface area contributed by atoms with E-state index < -0.39 is 18.5 Å². The molecule has 0 heterocycles. The third-order valence-electron chi connectivity index (χ3n) is 3.21. The fourth-order valence-corrected chi connectivity index (χ4v) is 2.38. The Hall–Kier alpha value is -3.11. The number of rotatable bonds is 6. The third-order valence-corrected chi connectivity index (χ3v) is 3.70. The number of carbonyl (C=O) groups is 2. The standard InChI is InChI=1S/C19H15BrN2O4/c1-25-17-7-5-13(6-8-17)9-14(11-21)19(24)26-12-18(23)22-16-4-2-3-15(20)10-16/h2-10H,12H2,1H3,(H,22,23)/b14-9+. The van der Waals surface area contributed by atoms with Crippen LogP contribution in [0.1, 0.15) is 5.56 Å². The number of amides is 1. The first-order valence-corrected chi connectivity index (χ1v) is 8.29. The van der Waals surface area contributed by atoms with E-state index in [9.17, 15) is 9.59 Å². The van der Waals surface area contributed by atoms with Gasteiger partial charge in [0.25, 0.3) is 5.91 Å². The molecule has 0 bridgehead atoms. The number of nitrogens with one attached hydrogen (secondary N) is 1. The molecule has 0 fully saturated rings. The molecule has 1 amide bonds. The Balaban J connectivity index is 1.94. The molecule has 0 aliphatic carbocycles. The molecule has 2 rings (SSSR count). The molecule has 0 aliphatic rings. The minimum Gasteiger partial charge on any atom is -0.497 e. The van der Waals surface area contributed by atoms with Gasteiger partial charge >= 0.3 is 5.97 Å². The molecule has 0 spiro atoms. The second-order valence-corrected chi connectivity index (χ2v) is 5.99. The monoisotopic (exact) mass is 414 g/mol. The zero-order valence-electron chi connectivity index (χ0n) is 13.9. The van der Waals surface area contributed by atoms with Crippen molar-refractivity contribution in [2.45, 2.75) is 0 Å². The average Bonchev–Trinajstić information content (AvgIpc) is 2.64. The quantitative estimate of drug-likeness (QED) is 0.443. The Bertz CT molecular complexity index is 870. The number of ether oxygens (including phenoxy) is 2. The molecular formula is C19H15BrN2O4. The number of esters is 1. The highest BCUT2D eigenvalue weighted by Crippen LogP contribution is 2.16. The second kappa shape index (κ2) is 9.39. The van der Waals surface area contributed by atoms with E-state index >= 15 is 0 Å². The number of hydrogen-bond acceptors (Lipinski definition) is 5. The van der Waals surface area contributed by atoms with Gasteiger partial charge in [0.2, 0.25) is 0 Å². The molecule has 0 saturated carbocycles. The van der Waals surface area contributed by atoms with Crippen molar-refractivity contribution in [2.75, 3.05) is 19.0 Å². The third kappa shape index (κ3) is 5.76. The van der Waals surface area contributed by atoms with Gasteiger partial charge in [-0.25, -0.2) is 4.79 Å². The lowest BCUT2D eigenvalue weighted by Crippen LogP contribution is -2.21. The number of hydrogen-bond donors (Lipinski definition) is 1. The summed E-state index contributed by atoms with van der Waals surface area (Å²) in [6.45, 7) is -0.493. The molecule has 0 saturated heterocycles. The number of halogens is 1. The van der Waals surface area contributed by atoms with E-state index in [-0.39, 0.29) is 5.57 Å². The molecule has 0 aliphatic heterocycles. The summed E-state index contributed by atoms with van der Waals surface area (Å²) in [6, 6.07) is 15.6. The molecule has 7 heteroatoms. The van der Waals surface area contributed by atoms with Gasteiger partial charge < -0.3 is 14.8 Å². The van der Waals surface area contributed by atoms with E-state index in [1.54, 1.807) is 55.6 Å². The molecule has 6 nitrogen and oxygen atoms in total. The lowest BCUT2D eigenvalue weighted by atomic mass is 10.1. The van der Waals surface area contributed by atoms with Gasteiger partial charge in [0.15, 0.2) is 6.61 Å². The number of nitriles is 1. The summed E-state index contributed by atoms with van der Waals surface area (Å²) in [5.41, 5.74) is 0.998. The summed E-state index contributed by atoms with van der Waals surface area (Å²) in [7, 11) is 1.54. The van der Waals surface area contributed by atoms with Crippen LogP contribution in [0.2, 0.25) is 0 Å². The van der Waals surface area contributed by atoms with Crippen molar-refractivity contribution in [1.82, 2.24) is 0 Å². The van der Waals surface area contributed by atoms with E-state index in [4.69, 9.17) is 14.7 Å². The zero-order valence-corrected chi connectivity index (χ0v) is 15.4. The van der Waals surface area contributed by atoms with E-state index in [0.29, 0.717) is 17.0 Å². The van der Waals surface area contributed by atoms with Gasteiger partial charge in [0.05, 0.1) is 7.11 Å². The van der Waals surface area contributed by atoms with Crippen molar-refractivity contribution < 1.29 is 19.1 Å². The summed E-state index contributed by atoms with van der Waals surface area (Å²) >= 11 is 3.30. The Morgan fingerprint density at radius 3 is 2.58 bits per heavy atom. The summed E-state index contributed by atoms with van der Waals surface area (Å²) in [5, 5.41) is 11.7. The highest BCUT2D eigenvalue weighted by atomic mass is 79.9. The topological polar surface area (TPSA) is 88.4 Å². The summed E-state index contributed by atoms with van der Waals surface area (Å²) < 4.78 is 10.7. The molecule has 0 unspecified atom stereocenters. The van der Waals surface area contributed by atoms with Crippen LogP contribution in [0.4, 0.5) is 5.69 Å². The maximum Gasteiger partial charge on any atom is 0.349 e. The minimum atomic E-state index is -0.868. The molecule has 0 atom stereocenters. The Morgan fingerprint density at radius 1 is 1.23 bits per heavy atom.